The van der Waals surface area contributed by atoms with Gasteiger partial charge in [0, 0.05) is 11.8 Å². The Morgan fingerprint density at radius 2 is 1.93 bits per heavy atom. The molecule has 0 saturated heterocycles. The first kappa shape index (κ1) is 13.2. The number of sulfone groups is 1. The molecule has 84 valence electrons. The van der Waals surface area contributed by atoms with E-state index in [-0.39, 0.29) is 23.8 Å². The molecule has 3 N–H and O–H groups in total. The highest BCUT2D eigenvalue weighted by Crippen LogP contribution is 1.96. The van der Waals surface area contributed by atoms with Gasteiger partial charge < -0.3 is 11.1 Å². The molecular formula is C8H19N3O2S. The van der Waals surface area contributed by atoms with Crippen LogP contribution in [0.5, 0.6) is 0 Å². The molecule has 0 aliphatic heterocycles. The normalized spacial score (nSPS) is 14.1. The van der Waals surface area contributed by atoms with Gasteiger partial charge >= 0.3 is 0 Å². The number of hydrogen-bond donors (Lipinski definition) is 2. The van der Waals surface area contributed by atoms with Crippen LogP contribution in [-0.4, -0.2) is 38.5 Å². The lowest BCUT2D eigenvalue weighted by molar-refractivity contribution is 0.508. The molecule has 0 unspecified atom stereocenters. The number of nitrogens with one attached hydrogen (secondary N) is 1. The van der Waals surface area contributed by atoms with E-state index in [1.807, 2.05) is 20.8 Å². The summed E-state index contributed by atoms with van der Waals surface area (Å²) in [6.07, 6.45) is 1.18. The number of aliphatic imine (C=N–C) groups is 1. The van der Waals surface area contributed by atoms with Crippen molar-refractivity contribution >= 4 is 15.8 Å². The van der Waals surface area contributed by atoms with E-state index in [1.54, 1.807) is 0 Å². The van der Waals surface area contributed by atoms with E-state index in [0.29, 0.717) is 0 Å². The van der Waals surface area contributed by atoms with Crippen molar-refractivity contribution in [2.75, 3.05) is 18.6 Å². The molecule has 6 heteroatoms. The van der Waals surface area contributed by atoms with E-state index >= 15 is 0 Å². The summed E-state index contributed by atoms with van der Waals surface area (Å²) in [5.41, 5.74) is 5.38. The van der Waals surface area contributed by atoms with Gasteiger partial charge in [-0.2, -0.15) is 0 Å². The summed E-state index contributed by atoms with van der Waals surface area (Å²) < 4.78 is 21.5. The third kappa shape index (κ3) is 9.31. The standard InChI is InChI=1S/C8H19N3O2S/c1-8(2,3)11-7(9)10-5-6-14(4,12)13/h5-6H2,1-4H3,(H3,9,10,11). The van der Waals surface area contributed by atoms with Crippen LogP contribution in [0.4, 0.5) is 0 Å². The molecule has 0 aromatic heterocycles. The zero-order chi connectivity index (χ0) is 11.4. The molecule has 0 fully saturated rings. The molecule has 0 aliphatic carbocycles. The molecule has 0 bridgehead atoms. The second-order valence-electron chi connectivity index (χ2n) is 4.27. The fourth-order valence-corrected chi connectivity index (χ4v) is 1.18. The van der Waals surface area contributed by atoms with Crippen molar-refractivity contribution < 1.29 is 8.42 Å². The fourth-order valence-electron chi connectivity index (χ4n) is 0.756. The Bertz CT molecular complexity index is 301. The van der Waals surface area contributed by atoms with E-state index in [0.717, 1.165) is 0 Å². The minimum atomic E-state index is -2.95. The maximum atomic E-state index is 10.8. The average molecular weight is 221 g/mol. The lowest BCUT2D eigenvalue weighted by Gasteiger charge is -2.20. The zero-order valence-corrected chi connectivity index (χ0v) is 9.98. The van der Waals surface area contributed by atoms with Crippen LogP contribution in [0.15, 0.2) is 4.99 Å². The third-order valence-electron chi connectivity index (χ3n) is 1.25. The van der Waals surface area contributed by atoms with Gasteiger partial charge in [0.05, 0.1) is 12.3 Å². The van der Waals surface area contributed by atoms with Crippen molar-refractivity contribution in [3.63, 3.8) is 0 Å². The molecule has 0 spiro atoms. The van der Waals surface area contributed by atoms with Gasteiger partial charge in [0.2, 0.25) is 0 Å². The summed E-state index contributed by atoms with van der Waals surface area (Å²) in [6.45, 7) is 6.05. The molecule has 0 atom stereocenters. The van der Waals surface area contributed by atoms with E-state index in [9.17, 15) is 8.42 Å². The minimum absolute atomic E-state index is 0.0273. The fraction of sp³-hybridized carbons (Fsp3) is 0.875. The highest BCUT2D eigenvalue weighted by Gasteiger charge is 2.09. The first-order valence-corrected chi connectivity index (χ1v) is 6.42. The minimum Gasteiger partial charge on any atom is -0.370 e. The quantitative estimate of drug-likeness (QED) is 0.507. The van der Waals surface area contributed by atoms with Gasteiger partial charge in [-0.15, -0.1) is 0 Å². The van der Waals surface area contributed by atoms with Gasteiger partial charge in [-0.25, -0.2) is 8.42 Å². The summed E-state index contributed by atoms with van der Waals surface area (Å²) in [6, 6.07) is 0. The lowest BCUT2D eigenvalue weighted by Crippen LogP contribution is -2.45. The SMILES string of the molecule is CC(C)(C)NC(N)=NCCS(C)(=O)=O. The van der Waals surface area contributed by atoms with Crippen molar-refractivity contribution in [2.24, 2.45) is 10.7 Å². The highest BCUT2D eigenvalue weighted by atomic mass is 32.2. The van der Waals surface area contributed by atoms with Crippen molar-refractivity contribution in [2.45, 2.75) is 26.3 Å². The van der Waals surface area contributed by atoms with Gasteiger partial charge in [0.15, 0.2) is 5.96 Å². The Kier molecular flexibility index (Phi) is 4.38. The lowest BCUT2D eigenvalue weighted by atomic mass is 10.1. The number of hydrogen-bond acceptors (Lipinski definition) is 3. The zero-order valence-electron chi connectivity index (χ0n) is 9.16. The number of guanidine groups is 1. The summed E-state index contributed by atoms with van der Waals surface area (Å²) in [7, 11) is -2.95. The first-order valence-electron chi connectivity index (χ1n) is 4.36. The first-order chi connectivity index (χ1) is 6.10. The van der Waals surface area contributed by atoms with E-state index < -0.39 is 9.84 Å². The molecular weight excluding hydrogens is 202 g/mol. The molecule has 0 rings (SSSR count). The van der Waals surface area contributed by atoms with Crippen LogP contribution in [0.25, 0.3) is 0 Å². The number of nitrogens with two attached hydrogens (primary N) is 1. The van der Waals surface area contributed by atoms with Crippen LogP contribution in [0.3, 0.4) is 0 Å². The van der Waals surface area contributed by atoms with Gasteiger partial charge in [0.25, 0.3) is 0 Å². The summed E-state index contributed by atoms with van der Waals surface area (Å²) in [4.78, 5) is 3.90. The largest absolute Gasteiger partial charge is 0.370 e. The van der Waals surface area contributed by atoms with Crippen LogP contribution < -0.4 is 11.1 Å². The third-order valence-corrected chi connectivity index (χ3v) is 2.17. The van der Waals surface area contributed by atoms with E-state index in [1.165, 1.54) is 6.26 Å². The van der Waals surface area contributed by atoms with E-state index in [2.05, 4.69) is 10.3 Å². The van der Waals surface area contributed by atoms with Crippen LogP contribution in [0, 0.1) is 0 Å². The maximum Gasteiger partial charge on any atom is 0.189 e. The van der Waals surface area contributed by atoms with Crippen molar-refractivity contribution in [1.82, 2.24) is 5.32 Å². The van der Waals surface area contributed by atoms with Gasteiger partial charge in [-0.3, -0.25) is 4.99 Å². The topological polar surface area (TPSA) is 84.5 Å². The van der Waals surface area contributed by atoms with Crippen LogP contribution in [0.2, 0.25) is 0 Å². The highest BCUT2D eigenvalue weighted by molar-refractivity contribution is 7.90. The Morgan fingerprint density at radius 3 is 2.29 bits per heavy atom. The summed E-state index contributed by atoms with van der Waals surface area (Å²) in [5.74, 6) is 0.306. The van der Waals surface area contributed by atoms with E-state index in [4.69, 9.17) is 5.73 Å². The predicted molar refractivity (Wildman–Crippen MR) is 59.1 cm³/mol. The van der Waals surface area contributed by atoms with Gasteiger partial charge in [-0.05, 0) is 20.8 Å². The Balaban J connectivity index is 4.03. The number of rotatable bonds is 3. The molecule has 0 aromatic rings. The average Bonchev–Trinajstić information content (AvgIpc) is 1.78. The Hall–Kier alpha value is -0.780. The monoisotopic (exact) mass is 221 g/mol. The molecule has 0 amide bonds. The summed E-state index contributed by atoms with van der Waals surface area (Å²) in [5, 5.41) is 2.94. The molecule has 0 saturated carbocycles. The second-order valence-corrected chi connectivity index (χ2v) is 6.53. The Morgan fingerprint density at radius 1 is 1.43 bits per heavy atom. The number of nitrogens with zero attached hydrogens (tertiary/aromatic N) is 1. The van der Waals surface area contributed by atoms with Crippen molar-refractivity contribution in [1.29, 1.82) is 0 Å². The molecule has 0 aliphatic rings. The second kappa shape index (κ2) is 4.63. The predicted octanol–water partition coefficient (Wildman–Crippen LogP) is -0.266. The molecule has 0 aromatic carbocycles. The smallest absolute Gasteiger partial charge is 0.189 e. The molecule has 14 heavy (non-hydrogen) atoms. The van der Waals surface area contributed by atoms with Crippen LogP contribution in [0.1, 0.15) is 20.8 Å². The maximum absolute atomic E-state index is 10.8. The van der Waals surface area contributed by atoms with Crippen molar-refractivity contribution in [3.05, 3.63) is 0 Å². The molecule has 0 heterocycles. The van der Waals surface area contributed by atoms with Crippen LogP contribution >= 0.6 is 0 Å². The molecule has 5 nitrogen and oxygen atoms in total. The summed E-state index contributed by atoms with van der Waals surface area (Å²) >= 11 is 0. The Labute approximate surface area is 85.7 Å². The van der Waals surface area contributed by atoms with Crippen molar-refractivity contribution in [3.8, 4) is 0 Å². The molecule has 0 radical (unpaired) electrons. The van der Waals surface area contributed by atoms with Crippen LogP contribution in [-0.2, 0) is 9.84 Å². The van der Waals surface area contributed by atoms with Gasteiger partial charge in [0.1, 0.15) is 9.84 Å². The van der Waals surface area contributed by atoms with Gasteiger partial charge in [-0.1, -0.05) is 0 Å².